The summed E-state index contributed by atoms with van der Waals surface area (Å²) >= 11 is 0. The van der Waals surface area contributed by atoms with Crippen molar-refractivity contribution in [3.63, 3.8) is 0 Å². The van der Waals surface area contributed by atoms with Gasteiger partial charge in [-0.05, 0) is 31.2 Å². The van der Waals surface area contributed by atoms with E-state index in [2.05, 4.69) is 31.2 Å². The molecule has 0 aliphatic rings. The zero-order valence-electron chi connectivity index (χ0n) is 10.1. The summed E-state index contributed by atoms with van der Waals surface area (Å²) < 4.78 is 4.89. The van der Waals surface area contributed by atoms with Crippen molar-refractivity contribution < 1.29 is 9.53 Å². The summed E-state index contributed by atoms with van der Waals surface area (Å²) in [4.78, 5) is 11.1. The molecule has 88 valence electrons. The van der Waals surface area contributed by atoms with Crippen LogP contribution in [0.3, 0.4) is 0 Å². The van der Waals surface area contributed by atoms with Gasteiger partial charge in [0.25, 0.3) is 0 Å². The number of ether oxygens (including phenoxy) is 1. The summed E-state index contributed by atoms with van der Waals surface area (Å²) in [6.07, 6.45) is 2.46. The van der Waals surface area contributed by atoms with Crippen molar-refractivity contribution in [3.8, 4) is 0 Å². The predicted molar refractivity (Wildman–Crippen MR) is 65.3 cm³/mol. The molecule has 0 fully saturated rings. The first-order valence-electron chi connectivity index (χ1n) is 5.94. The molecule has 0 saturated heterocycles. The Hall–Kier alpha value is -1.31. The fraction of sp³-hybridized carbons (Fsp3) is 0.500. The summed E-state index contributed by atoms with van der Waals surface area (Å²) in [6, 6.07) is 10.4. The molecular formula is C14H20O2. The second kappa shape index (κ2) is 7.04. The molecule has 0 aliphatic heterocycles. The smallest absolute Gasteiger partial charge is 0.305 e. The third-order valence-electron chi connectivity index (χ3n) is 2.69. The fourth-order valence-electron chi connectivity index (χ4n) is 1.73. The number of hydrogen-bond donors (Lipinski definition) is 0. The van der Waals surface area contributed by atoms with E-state index in [-0.39, 0.29) is 5.97 Å². The molecule has 0 saturated carbocycles. The Kier molecular flexibility index (Phi) is 5.62. The highest BCUT2D eigenvalue weighted by atomic mass is 16.5. The molecule has 0 spiro atoms. The lowest BCUT2D eigenvalue weighted by molar-refractivity contribution is -0.143. The van der Waals surface area contributed by atoms with E-state index >= 15 is 0 Å². The van der Waals surface area contributed by atoms with Gasteiger partial charge in [0.05, 0.1) is 6.61 Å². The van der Waals surface area contributed by atoms with Crippen LogP contribution in [0.2, 0.25) is 0 Å². The quantitative estimate of drug-likeness (QED) is 0.686. The summed E-state index contributed by atoms with van der Waals surface area (Å²) in [5, 5.41) is 0. The van der Waals surface area contributed by atoms with Gasteiger partial charge in [0, 0.05) is 6.42 Å². The molecule has 1 atom stereocenters. The van der Waals surface area contributed by atoms with Crippen molar-refractivity contribution in [2.45, 2.75) is 39.0 Å². The molecule has 2 heteroatoms. The average Bonchev–Trinajstić information content (AvgIpc) is 2.30. The molecule has 0 radical (unpaired) electrons. The third kappa shape index (κ3) is 4.47. The second-order valence-corrected chi connectivity index (χ2v) is 4.01. The highest BCUT2D eigenvalue weighted by molar-refractivity contribution is 5.69. The van der Waals surface area contributed by atoms with Crippen LogP contribution in [0.25, 0.3) is 0 Å². The number of esters is 1. The Balaban J connectivity index is 2.26. The van der Waals surface area contributed by atoms with Gasteiger partial charge in [-0.3, -0.25) is 4.79 Å². The van der Waals surface area contributed by atoms with Gasteiger partial charge in [-0.15, -0.1) is 0 Å². The van der Waals surface area contributed by atoms with Gasteiger partial charge >= 0.3 is 5.97 Å². The lowest BCUT2D eigenvalue weighted by atomic mass is 9.96. The van der Waals surface area contributed by atoms with Crippen LogP contribution < -0.4 is 0 Å². The van der Waals surface area contributed by atoms with Crippen LogP contribution in [0, 0.1) is 0 Å². The zero-order chi connectivity index (χ0) is 11.8. The molecule has 0 heterocycles. The van der Waals surface area contributed by atoms with Gasteiger partial charge in [-0.2, -0.15) is 0 Å². The van der Waals surface area contributed by atoms with E-state index < -0.39 is 0 Å². The normalized spacial score (nSPS) is 12.1. The van der Waals surface area contributed by atoms with Crippen molar-refractivity contribution in [1.29, 1.82) is 0 Å². The van der Waals surface area contributed by atoms with E-state index in [1.807, 2.05) is 13.0 Å². The molecule has 0 amide bonds. The second-order valence-electron chi connectivity index (χ2n) is 4.01. The maximum absolute atomic E-state index is 11.1. The molecule has 1 aromatic carbocycles. The highest BCUT2D eigenvalue weighted by Gasteiger charge is 2.07. The number of rotatable bonds is 6. The molecule has 2 nitrogen and oxygen atoms in total. The number of carbonyl (C=O) groups is 1. The van der Waals surface area contributed by atoms with Crippen LogP contribution in [0.1, 0.15) is 44.6 Å². The summed E-state index contributed by atoms with van der Waals surface area (Å²) in [5.41, 5.74) is 1.34. The van der Waals surface area contributed by atoms with E-state index in [1.54, 1.807) is 0 Å². The monoisotopic (exact) mass is 220 g/mol. The standard InChI is InChI=1S/C14H20O2/c1-3-16-14(15)11-7-8-12(2)13-9-5-4-6-10-13/h4-6,9-10,12H,3,7-8,11H2,1-2H3/t12-/m0/s1. The van der Waals surface area contributed by atoms with E-state index in [9.17, 15) is 4.79 Å². The van der Waals surface area contributed by atoms with Crippen LogP contribution >= 0.6 is 0 Å². The fourth-order valence-corrected chi connectivity index (χ4v) is 1.73. The molecule has 1 rings (SSSR count). The Morgan fingerprint density at radius 2 is 2.00 bits per heavy atom. The zero-order valence-corrected chi connectivity index (χ0v) is 10.1. The summed E-state index contributed by atoms with van der Waals surface area (Å²) in [7, 11) is 0. The lowest BCUT2D eigenvalue weighted by Crippen LogP contribution is -2.04. The van der Waals surface area contributed by atoms with Crippen LogP contribution in [-0.4, -0.2) is 12.6 Å². The molecule has 0 N–H and O–H groups in total. The summed E-state index contributed by atoms with van der Waals surface area (Å²) in [5.74, 6) is 0.429. The van der Waals surface area contributed by atoms with Crippen LogP contribution in [0.4, 0.5) is 0 Å². The molecule has 0 unspecified atom stereocenters. The SMILES string of the molecule is CCOC(=O)CCC[C@H](C)c1ccccc1. The number of hydrogen-bond acceptors (Lipinski definition) is 2. The van der Waals surface area contributed by atoms with Crippen molar-refractivity contribution in [3.05, 3.63) is 35.9 Å². The summed E-state index contributed by atoms with van der Waals surface area (Å²) in [6.45, 7) is 4.51. The van der Waals surface area contributed by atoms with E-state index in [0.29, 0.717) is 18.9 Å². The minimum absolute atomic E-state index is 0.0808. The van der Waals surface area contributed by atoms with Crippen molar-refractivity contribution in [1.82, 2.24) is 0 Å². The Bertz CT molecular complexity index is 306. The first-order chi connectivity index (χ1) is 7.74. The predicted octanol–water partition coefficient (Wildman–Crippen LogP) is 3.52. The molecule has 0 bridgehead atoms. The largest absolute Gasteiger partial charge is 0.466 e. The average molecular weight is 220 g/mol. The minimum atomic E-state index is -0.0808. The molecule has 1 aromatic rings. The first-order valence-corrected chi connectivity index (χ1v) is 5.94. The molecule has 0 aliphatic carbocycles. The van der Waals surface area contributed by atoms with E-state index in [4.69, 9.17) is 4.74 Å². The maximum atomic E-state index is 11.1. The first kappa shape index (κ1) is 12.8. The van der Waals surface area contributed by atoms with Crippen molar-refractivity contribution in [2.24, 2.45) is 0 Å². The van der Waals surface area contributed by atoms with Crippen molar-refractivity contribution in [2.75, 3.05) is 6.61 Å². The van der Waals surface area contributed by atoms with E-state index in [1.165, 1.54) is 5.56 Å². The molecule has 16 heavy (non-hydrogen) atoms. The third-order valence-corrected chi connectivity index (χ3v) is 2.69. The molecular weight excluding hydrogens is 200 g/mol. The Labute approximate surface area is 97.6 Å². The minimum Gasteiger partial charge on any atom is -0.466 e. The van der Waals surface area contributed by atoms with Crippen LogP contribution in [-0.2, 0) is 9.53 Å². The van der Waals surface area contributed by atoms with Gasteiger partial charge < -0.3 is 4.74 Å². The van der Waals surface area contributed by atoms with E-state index in [0.717, 1.165) is 12.8 Å². The van der Waals surface area contributed by atoms with Crippen molar-refractivity contribution >= 4 is 5.97 Å². The highest BCUT2D eigenvalue weighted by Crippen LogP contribution is 2.20. The van der Waals surface area contributed by atoms with Gasteiger partial charge in [0.1, 0.15) is 0 Å². The Morgan fingerprint density at radius 3 is 2.62 bits per heavy atom. The lowest BCUT2D eigenvalue weighted by Gasteiger charge is -2.11. The maximum Gasteiger partial charge on any atom is 0.305 e. The van der Waals surface area contributed by atoms with Gasteiger partial charge in [0.15, 0.2) is 0 Å². The van der Waals surface area contributed by atoms with Gasteiger partial charge in [-0.25, -0.2) is 0 Å². The van der Waals surface area contributed by atoms with Gasteiger partial charge in [-0.1, -0.05) is 37.3 Å². The number of benzene rings is 1. The molecule has 0 aromatic heterocycles. The van der Waals surface area contributed by atoms with Gasteiger partial charge in [0.2, 0.25) is 0 Å². The van der Waals surface area contributed by atoms with Crippen LogP contribution in [0.15, 0.2) is 30.3 Å². The number of carbonyl (C=O) groups excluding carboxylic acids is 1. The topological polar surface area (TPSA) is 26.3 Å². The Morgan fingerprint density at radius 1 is 1.31 bits per heavy atom. The van der Waals surface area contributed by atoms with Crippen LogP contribution in [0.5, 0.6) is 0 Å².